The van der Waals surface area contributed by atoms with Gasteiger partial charge in [-0.25, -0.2) is 4.79 Å². The molecule has 7 heteroatoms. The van der Waals surface area contributed by atoms with E-state index in [1.807, 2.05) is 0 Å². The van der Waals surface area contributed by atoms with Crippen molar-refractivity contribution >= 4 is 11.9 Å². The van der Waals surface area contributed by atoms with Crippen molar-refractivity contribution in [3.63, 3.8) is 0 Å². The molecule has 0 saturated heterocycles. The van der Waals surface area contributed by atoms with Crippen LogP contribution in [0.25, 0.3) is 0 Å². The van der Waals surface area contributed by atoms with E-state index in [1.165, 1.54) is 25.5 Å². The van der Waals surface area contributed by atoms with E-state index in [4.69, 9.17) is 15.2 Å². The summed E-state index contributed by atoms with van der Waals surface area (Å²) in [6.45, 7) is 6.01. The third-order valence-electron chi connectivity index (χ3n) is 2.29. The number of carbonyl (C=O) groups is 2. The van der Waals surface area contributed by atoms with Crippen molar-refractivity contribution in [2.24, 2.45) is 5.73 Å². The summed E-state index contributed by atoms with van der Waals surface area (Å²) in [4.78, 5) is 31.1. The molecule has 0 spiro atoms. The molecule has 1 aromatic rings. The predicted octanol–water partition coefficient (Wildman–Crippen LogP) is 0.535. The molecule has 1 unspecified atom stereocenters. The third-order valence-corrected chi connectivity index (χ3v) is 2.29. The minimum Gasteiger partial charge on any atom is -0.463 e. The summed E-state index contributed by atoms with van der Waals surface area (Å²) in [5.74, 6) is -1.28. The second-order valence-electron chi connectivity index (χ2n) is 5.34. The van der Waals surface area contributed by atoms with Crippen molar-refractivity contribution < 1.29 is 19.1 Å². The molecule has 0 amide bonds. The first kappa shape index (κ1) is 16.0. The highest BCUT2D eigenvalue weighted by Crippen LogP contribution is 2.21. The summed E-state index contributed by atoms with van der Waals surface area (Å²) in [7, 11) is 0. The van der Waals surface area contributed by atoms with E-state index in [1.54, 1.807) is 20.8 Å². The van der Waals surface area contributed by atoms with Gasteiger partial charge >= 0.3 is 11.9 Å². The number of nitrogens with zero attached hydrogens (tertiary/aromatic N) is 2. The SMILES string of the molecule is CC(=O)OCC(N)(C(=O)OC(C)(C)C)c1cnccn1. The maximum absolute atomic E-state index is 12.3. The smallest absolute Gasteiger partial charge is 0.336 e. The van der Waals surface area contributed by atoms with Gasteiger partial charge in [-0.1, -0.05) is 0 Å². The van der Waals surface area contributed by atoms with Gasteiger partial charge in [0.2, 0.25) is 0 Å². The van der Waals surface area contributed by atoms with Gasteiger partial charge in [-0.2, -0.15) is 0 Å². The molecule has 0 bridgehead atoms. The van der Waals surface area contributed by atoms with Crippen LogP contribution in [0.4, 0.5) is 0 Å². The fourth-order valence-electron chi connectivity index (χ4n) is 1.35. The lowest BCUT2D eigenvalue weighted by Crippen LogP contribution is -2.52. The lowest BCUT2D eigenvalue weighted by Gasteiger charge is -2.30. The molecule has 20 heavy (non-hydrogen) atoms. The molecule has 0 saturated carbocycles. The van der Waals surface area contributed by atoms with Crippen LogP contribution >= 0.6 is 0 Å². The lowest BCUT2D eigenvalue weighted by molar-refractivity contribution is -0.166. The molecular weight excluding hydrogens is 262 g/mol. The highest BCUT2D eigenvalue weighted by Gasteiger charge is 2.42. The van der Waals surface area contributed by atoms with E-state index < -0.39 is 23.1 Å². The van der Waals surface area contributed by atoms with Crippen LogP contribution in [0, 0.1) is 0 Å². The second kappa shape index (κ2) is 5.96. The summed E-state index contributed by atoms with van der Waals surface area (Å²) in [6, 6.07) is 0. The van der Waals surface area contributed by atoms with Gasteiger partial charge in [-0.3, -0.25) is 14.8 Å². The van der Waals surface area contributed by atoms with Crippen molar-refractivity contribution in [3.8, 4) is 0 Å². The summed E-state index contributed by atoms with van der Waals surface area (Å²) >= 11 is 0. The van der Waals surface area contributed by atoms with E-state index in [0.717, 1.165) is 0 Å². The zero-order valence-corrected chi connectivity index (χ0v) is 12.0. The van der Waals surface area contributed by atoms with Crippen LogP contribution in [0.3, 0.4) is 0 Å². The standard InChI is InChI=1S/C13H19N3O4/c1-9(17)19-8-13(14,10-7-15-5-6-16-10)11(18)20-12(2,3)4/h5-7H,8,14H2,1-4H3. The summed E-state index contributed by atoms with van der Waals surface area (Å²) in [6.07, 6.45) is 4.19. The van der Waals surface area contributed by atoms with Crippen molar-refractivity contribution in [1.29, 1.82) is 0 Å². The van der Waals surface area contributed by atoms with Gasteiger partial charge in [-0.15, -0.1) is 0 Å². The molecule has 0 aromatic carbocycles. The van der Waals surface area contributed by atoms with Crippen LogP contribution in [-0.4, -0.2) is 34.1 Å². The Morgan fingerprint density at radius 1 is 1.30 bits per heavy atom. The molecule has 1 heterocycles. The molecule has 1 aromatic heterocycles. The Labute approximate surface area is 117 Å². The number of esters is 2. The van der Waals surface area contributed by atoms with E-state index in [2.05, 4.69) is 9.97 Å². The zero-order chi connectivity index (χ0) is 15.4. The van der Waals surface area contributed by atoms with E-state index in [0.29, 0.717) is 0 Å². The van der Waals surface area contributed by atoms with Gasteiger partial charge in [0, 0.05) is 19.3 Å². The molecule has 110 valence electrons. The first-order valence-electron chi connectivity index (χ1n) is 6.07. The molecule has 7 nitrogen and oxygen atoms in total. The number of aromatic nitrogens is 2. The Kier molecular flexibility index (Phi) is 4.78. The molecule has 1 rings (SSSR count). The number of hydrogen-bond acceptors (Lipinski definition) is 7. The maximum atomic E-state index is 12.3. The monoisotopic (exact) mass is 281 g/mol. The molecule has 0 fully saturated rings. The van der Waals surface area contributed by atoms with E-state index in [-0.39, 0.29) is 12.3 Å². The van der Waals surface area contributed by atoms with Crippen LogP contribution in [0.15, 0.2) is 18.6 Å². The van der Waals surface area contributed by atoms with Crippen LogP contribution in [-0.2, 0) is 24.6 Å². The van der Waals surface area contributed by atoms with E-state index >= 15 is 0 Å². The van der Waals surface area contributed by atoms with Gasteiger partial charge < -0.3 is 15.2 Å². The fourth-order valence-corrected chi connectivity index (χ4v) is 1.35. The normalized spacial score (nSPS) is 14.2. The number of nitrogens with two attached hydrogens (primary N) is 1. The molecule has 0 aliphatic heterocycles. The van der Waals surface area contributed by atoms with Gasteiger partial charge in [-0.05, 0) is 20.8 Å². The highest BCUT2D eigenvalue weighted by atomic mass is 16.6. The quantitative estimate of drug-likeness (QED) is 0.803. The summed E-state index contributed by atoms with van der Waals surface area (Å²) < 4.78 is 10.1. The van der Waals surface area contributed by atoms with Crippen LogP contribution in [0.1, 0.15) is 33.4 Å². The molecule has 2 N–H and O–H groups in total. The second-order valence-corrected chi connectivity index (χ2v) is 5.34. The molecule has 0 aliphatic carbocycles. The lowest BCUT2D eigenvalue weighted by atomic mass is 9.97. The Hall–Kier alpha value is -2.02. The van der Waals surface area contributed by atoms with Crippen LogP contribution < -0.4 is 5.73 Å². The number of carbonyl (C=O) groups excluding carboxylic acids is 2. The third kappa shape index (κ3) is 4.27. The minimum absolute atomic E-state index is 0.176. The van der Waals surface area contributed by atoms with Crippen molar-refractivity contribution in [2.45, 2.75) is 38.8 Å². The summed E-state index contributed by atoms with van der Waals surface area (Å²) in [5, 5.41) is 0. The highest BCUT2D eigenvalue weighted by molar-refractivity contribution is 5.82. The number of rotatable bonds is 4. The topological polar surface area (TPSA) is 104 Å². The maximum Gasteiger partial charge on any atom is 0.336 e. The molecule has 0 aliphatic rings. The molecular formula is C13H19N3O4. The Balaban J connectivity index is 3.07. The average Bonchev–Trinajstić information content (AvgIpc) is 2.35. The average molecular weight is 281 g/mol. The zero-order valence-electron chi connectivity index (χ0n) is 12.0. The minimum atomic E-state index is -1.69. The number of ether oxygens (including phenoxy) is 2. The first-order chi connectivity index (χ1) is 9.15. The Bertz CT molecular complexity index is 484. The van der Waals surface area contributed by atoms with Gasteiger partial charge in [0.05, 0.1) is 11.9 Å². The Morgan fingerprint density at radius 3 is 2.40 bits per heavy atom. The van der Waals surface area contributed by atoms with Crippen LogP contribution in [0.2, 0.25) is 0 Å². The van der Waals surface area contributed by atoms with Crippen molar-refractivity contribution in [1.82, 2.24) is 9.97 Å². The number of hydrogen-bond donors (Lipinski definition) is 1. The predicted molar refractivity (Wildman–Crippen MR) is 70.4 cm³/mol. The largest absolute Gasteiger partial charge is 0.463 e. The summed E-state index contributed by atoms with van der Waals surface area (Å²) in [5.41, 5.74) is 3.83. The van der Waals surface area contributed by atoms with Crippen molar-refractivity contribution in [3.05, 3.63) is 24.3 Å². The molecule has 0 radical (unpaired) electrons. The van der Waals surface area contributed by atoms with E-state index in [9.17, 15) is 9.59 Å². The first-order valence-corrected chi connectivity index (χ1v) is 6.07. The molecule has 1 atom stereocenters. The van der Waals surface area contributed by atoms with Crippen molar-refractivity contribution in [2.75, 3.05) is 6.61 Å². The van der Waals surface area contributed by atoms with Gasteiger partial charge in [0.1, 0.15) is 12.2 Å². The Morgan fingerprint density at radius 2 is 1.95 bits per heavy atom. The van der Waals surface area contributed by atoms with Crippen LogP contribution in [0.5, 0.6) is 0 Å². The fraction of sp³-hybridized carbons (Fsp3) is 0.538. The van der Waals surface area contributed by atoms with Gasteiger partial charge in [0.15, 0.2) is 5.54 Å². The van der Waals surface area contributed by atoms with Gasteiger partial charge in [0.25, 0.3) is 0 Å².